The van der Waals surface area contributed by atoms with Crippen LogP contribution in [0.2, 0.25) is 0 Å². The summed E-state index contributed by atoms with van der Waals surface area (Å²) < 4.78 is 99.2. The Bertz CT molecular complexity index is 4470. The van der Waals surface area contributed by atoms with Gasteiger partial charge in [-0.1, -0.05) is 174 Å². The van der Waals surface area contributed by atoms with Crippen molar-refractivity contribution in [1.82, 2.24) is 29.9 Å². The first-order chi connectivity index (χ1) is 44.3. The predicted octanol–water partition coefficient (Wildman–Crippen LogP) is 18.3. The highest BCUT2D eigenvalue weighted by molar-refractivity contribution is 7.95. The smallest absolute Gasteiger partial charge is 0.328 e. The lowest BCUT2D eigenvalue weighted by atomic mass is 10.1. The van der Waals surface area contributed by atoms with Crippen molar-refractivity contribution in [2.24, 2.45) is 0 Å². The van der Waals surface area contributed by atoms with Gasteiger partial charge in [0.1, 0.15) is 46.3 Å². The average Bonchev–Trinajstić information content (AvgIpc) is 0.734. The van der Waals surface area contributed by atoms with E-state index in [2.05, 4.69) is 94.0 Å². The van der Waals surface area contributed by atoms with Gasteiger partial charge in [-0.15, -0.1) is 9.97 Å². The molecule has 0 aliphatic carbocycles. The van der Waals surface area contributed by atoms with E-state index in [1.807, 2.05) is 57.2 Å². The van der Waals surface area contributed by atoms with Crippen LogP contribution in [0.4, 0.5) is 22.3 Å². The van der Waals surface area contributed by atoms with Crippen molar-refractivity contribution >= 4 is 52.2 Å². The second-order valence-corrected chi connectivity index (χ2v) is 26.6. The molecule has 2 aromatic heterocycles. The Morgan fingerprint density at radius 1 is 0.376 bits per heavy atom. The molecule has 0 fully saturated rings. The molecule has 0 N–H and O–H groups in total. The van der Waals surface area contributed by atoms with Crippen LogP contribution in [0, 0.1) is 78.7 Å². The van der Waals surface area contributed by atoms with Gasteiger partial charge < -0.3 is 23.5 Å². The first-order valence-electron chi connectivity index (χ1n) is 29.0. The van der Waals surface area contributed by atoms with Gasteiger partial charge in [0.2, 0.25) is 0 Å². The van der Waals surface area contributed by atoms with Crippen LogP contribution in [0.3, 0.4) is 0 Å². The van der Waals surface area contributed by atoms with Crippen molar-refractivity contribution in [1.29, 1.82) is 0 Å². The molecule has 10 aromatic carbocycles. The molecule has 0 radical (unpaired) electrons. The zero-order valence-electron chi connectivity index (χ0n) is 51.8. The Labute approximate surface area is 542 Å². The SMILES string of the molecule is Cc1ccc(P(=O)(c2cccc(C)c2C)c2c(F)ccc(-c3nc(Oc4ccccc4)nc(Oc4ccccc4)n3)c2F)c(C)c1.Cc1ccc(P(Cl)c2ccc(C)cc2C)c(C)c1.F.Fc1ccc(-c2nc(Oc3ccccc3)nc(Oc3ccccc3)n2)c(F)c1. The molecule has 0 aliphatic heterocycles. The molecular formula is C74H62ClF5N6O5P2. The van der Waals surface area contributed by atoms with E-state index in [1.54, 1.807) is 128 Å². The van der Waals surface area contributed by atoms with Crippen LogP contribution in [0.25, 0.3) is 22.8 Å². The Morgan fingerprint density at radius 2 is 0.774 bits per heavy atom. The first kappa shape index (κ1) is 67.4. The van der Waals surface area contributed by atoms with Crippen molar-refractivity contribution in [3.05, 3.63) is 292 Å². The van der Waals surface area contributed by atoms with Gasteiger partial charge >= 0.3 is 24.0 Å². The van der Waals surface area contributed by atoms with Crippen LogP contribution in [-0.2, 0) is 4.57 Å². The van der Waals surface area contributed by atoms with Crippen LogP contribution in [0.5, 0.6) is 47.0 Å². The number of aromatic nitrogens is 6. The normalized spacial score (nSPS) is 11.4. The molecule has 0 bridgehead atoms. The summed E-state index contributed by atoms with van der Waals surface area (Å²) >= 11 is 6.71. The van der Waals surface area contributed by atoms with Crippen LogP contribution < -0.4 is 45.5 Å². The predicted molar refractivity (Wildman–Crippen MR) is 361 cm³/mol. The number of hydrogen-bond donors (Lipinski definition) is 0. The van der Waals surface area contributed by atoms with Crippen molar-refractivity contribution in [2.45, 2.75) is 55.4 Å². The van der Waals surface area contributed by atoms with Crippen molar-refractivity contribution < 1.29 is 45.8 Å². The lowest BCUT2D eigenvalue weighted by Gasteiger charge is -2.25. The molecule has 1 atom stereocenters. The third-order valence-corrected chi connectivity index (χ3v) is 20.9. The maximum Gasteiger partial charge on any atom is 0.328 e. The number of aryl methyl sites for hydroxylation is 7. The fraction of sp³-hybridized carbons (Fsp3) is 0.108. The molecule has 0 saturated heterocycles. The molecule has 0 aliphatic rings. The largest absolute Gasteiger partial charge is 0.424 e. The van der Waals surface area contributed by atoms with Gasteiger partial charge in [-0.3, -0.25) is 4.70 Å². The van der Waals surface area contributed by atoms with Gasteiger partial charge in [0.05, 0.1) is 23.7 Å². The first-order valence-corrected chi connectivity index (χ1v) is 33.0. The lowest BCUT2D eigenvalue weighted by molar-refractivity contribution is 0.397. The number of hydrogen-bond acceptors (Lipinski definition) is 11. The number of para-hydroxylation sites is 4. The molecule has 19 heteroatoms. The summed E-state index contributed by atoms with van der Waals surface area (Å²) in [6.07, 6.45) is 0. The second-order valence-electron chi connectivity index (χ2n) is 21.5. The minimum absolute atomic E-state index is 0. The number of halogens is 6. The summed E-state index contributed by atoms with van der Waals surface area (Å²) in [6, 6.07) is 64.0. The van der Waals surface area contributed by atoms with Gasteiger partial charge in [0.25, 0.3) is 0 Å². The van der Waals surface area contributed by atoms with Crippen LogP contribution >= 0.6 is 25.7 Å². The fourth-order valence-electron chi connectivity index (χ4n) is 9.94. The van der Waals surface area contributed by atoms with E-state index in [9.17, 15) is 8.78 Å². The minimum Gasteiger partial charge on any atom is -0.424 e. The lowest BCUT2D eigenvalue weighted by Crippen LogP contribution is -2.32. The van der Waals surface area contributed by atoms with Gasteiger partial charge in [-0.2, -0.15) is 19.9 Å². The Hall–Kier alpha value is -9.98. The summed E-state index contributed by atoms with van der Waals surface area (Å²) in [5, 5.41) is 2.68. The van der Waals surface area contributed by atoms with E-state index in [-0.39, 0.29) is 51.5 Å². The molecule has 0 saturated carbocycles. The number of nitrogens with zero attached hydrogens (tertiary/aromatic N) is 6. The third kappa shape index (κ3) is 16.4. The molecule has 470 valence electrons. The Kier molecular flexibility index (Phi) is 22.1. The maximum absolute atomic E-state index is 17.1. The van der Waals surface area contributed by atoms with Crippen LogP contribution in [0.1, 0.15) is 44.5 Å². The molecule has 93 heavy (non-hydrogen) atoms. The highest BCUT2D eigenvalue weighted by atomic mass is 35.7. The van der Waals surface area contributed by atoms with E-state index in [0.29, 0.717) is 44.7 Å². The molecular weight excluding hydrogens is 1250 g/mol. The van der Waals surface area contributed by atoms with Gasteiger partial charge in [0.15, 0.2) is 18.8 Å². The van der Waals surface area contributed by atoms with E-state index in [4.69, 9.17) is 30.2 Å². The maximum atomic E-state index is 17.1. The Balaban J connectivity index is 0.000000183. The van der Waals surface area contributed by atoms with E-state index in [1.165, 1.54) is 45.0 Å². The van der Waals surface area contributed by atoms with Crippen molar-refractivity contribution in [3.8, 4) is 69.8 Å². The average molecular weight is 1310 g/mol. The molecule has 0 amide bonds. The highest BCUT2D eigenvalue weighted by Gasteiger charge is 2.39. The number of benzene rings is 10. The zero-order chi connectivity index (χ0) is 65.1. The molecule has 1 unspecified atom stereocenters. The minimum atomic E-state index is -4.14. The van der Waals surface area contributed by atoms with Crippen molar-refractivity contribution in [3.63, 3.8) is 0 Å². The van der Waals surface area contributed by atoms with Gasteiger partial charge in [0, 0.05) is 16.7 Å². The zero-order valence-corrected chi connectivity index (χ0v) is 54.3. The van der Waals surface area contributed by atoms with E-state index >= 15 is 13.3 Å². The molecule has 12 rings (SSSR count). The number of ether oxygens (including phenoxy) is 4. The molecule has 0 spiro atoms. The van der Waals surface area contributed by atoms with Gasteiger partial charge in [-0.05, 0) is 167 Å². The van der Waals surface area contributed by atoms with E-state index < -0.39 is 43.0 Å². The van der Waals surface area contributed by atoms with Crippen LogP contribution in [-0.4, -0.2) is 29.9 Å². The topological polar surface area (TPSA) is 131 Å². The monoisotopic (exact) mass is 1310 g/mol. The third-order valence-electron chi connectivity index (χ3n) is 14.5. The van der Waals surface area contributed by atoms with Gasteiger partial charge in [-0.25, -0.2) is 17.6 Å². The number of rotatable bonds is 15. The molecule has 11 nitrogen and oxygen atoms in total. The molecule has 12 aromatic rings. The summed E-state index contributed by atoms with van der Waals surface area (Å²) in [4.78, 5) is 25.5. The fourth-order valence-corrected chi connectivity index (χ4v) is 15.8. The quantitative estimate of drug-likeness (QED) is 0.0718. The summed E-state index contributed by atoms with van der Waals surface area (Å²) in [6.45, 7) is 15.9. The standard InChI is InChI=1S/C37H30F2N3O3P.C21H13F2N3O2.C16H18ClP.FH/c1-23-18-21-31(25(3)22-23)46(43,32-17-11-12-24(2)26(32)4)34-30(38)20-19-29(33(34)39)35-40-36(44-27-13-7-5-8-14-27)42-37(41-35)45-28-15-9-6-10-16-28;22-14-11-12-17(18(23)13-14)19-24-20(27-15-7-3-1-4-8-15)26-21(25-19)28-16-9-5-2-6-10-16;1-11-5-7-15(13(3)9-11)18(17)16-8-6-12(2)10-14(16)4;/h5-22H,1-4H3;1-13H;5-10H,1-4H3;1H. The molecule has 2 heterocycles. The summed E-state index contributed by atoms with van der Waals surface area (Å²) in [5.74, 6) is -1.87. The van der Waals surface area contributed by atoms with Crippen molar-refractivity contribution in [2.75, 3.05) is 0 Å². The summed E-state index contributed by atoms with van der Waals surface area (Å²) in [7, 11) is -4.90. The highest BCUT2D eigenvalue weighted by Crippen LogP contribution is 2.48. The second kappa shape index (κ2) is 30.4. The summed E-state index contributed by atoms with van der Waals surface area (Å²) in [5.41, 5.74) is 8.09. The Morgan fingerprint density at radius 3 is 1.18 bits per heavy atom. The van der Waals surface area contributed by atoms with E-state index in [0.717, 1.165) is 29.3 Å². The van der Waals surface area contributed by atoms with Crippen LogP contribution in [0.15, 0.2) is 224 Å².